The summed E-state index contributed by atoms with van der Waals surface area (Å²) in [5.74, 6) is 0. The van der Waals surface area contributed by atoms with Crippen molar-refractivity contribution in [2.24, 2.45) is 0 Å². The van der Waals surface area contributed by atoms with Crippen molar-refractivity contribution in [2.45, 2.75) is 71.3 Å². The Hall–Kier alpha value is -0.786. The summed E-state index contributed by atoms with van der Waals surface area (Å²) in [6, 6.07) is 2.15. The van der Waals surface area contributed by atoms with E-state index in [-0.39, 0.29) is 12.3 Å². The Morgan fingerprint density at radius 2 is 1.55 bits per heavy atom. The topological polar surface area (TPSA) is 67.5 Å². The largest absolute Gasteiger partial charge is 0.384 e. The van der Waals surface area contributed by atoms with Gasteiger partial charge >= 0.3 is 0 Å². The highest BCUT2D eigenvalue weighted by molar-refractivity contribution is 9.10. The van der Waals surface area contributed by atoms with Crippen molar-refractivity contribution in [2.75, 3.05) is 26.9 Å². The molecule has 2 rings (SSSR count). The van der Waals surface area contributed by atoms with Gasteiger partial charge < -0.3 is 18.8 Å². The smallest absolute Gasteiger partial charge is 0.278 e. The minimum atomic E-state index is -1.18. The van der Waals surface area contributed by atoms with Gasteiger partial charge in [0.1, 0.15) is 13.5 Å². The van der Waals surface area contributed by atoms with E-state index in [1.807, 2.05) is 4.57 Å². The van der Waals surface area contributed by atoms with Gasteiger partial charge in [0.2, 0.25) is 0 Å². The summed E-state index contributed by atoms with van der Waals surface area (Å²) in [4.78, 5) is 13.2. The second kappa shape index (κ2) is 11.4. The number of hydrogen-bond donors (Lipinski definition) is 0. The average molecular weight is 533 g/mol. The third-order valence-corrected chi connectivity index (χ3v) is 9.40. The van der Waals surface area contributed by atoms with E-state index in [1.165, 1.54) is 4.68 Å². The van der Waals surface area contributed by atoms with Crippen LogP contribution in [0, 0.1) is 0 Å². The first-order chi connectivity index (χ1) is 14.4. The first-order valence-corrected chi connectivity index (χ1v) is 19.1. The highest BCUT2D eigenvalue weighted by atomic mass is 79.9. The van der Waals surface area contributed by atoms with Gasteiger partial charge in [-0.2, -0.15) is 5.10 Å². The molecule has 0 atom stereocenters. The van der Waals surface area contributed by atoms with Gasteiger partial charge in [-0.1, -0.05) is 39.3 Å². The van der Waals surface area contributed by atoms with E-state index >= 15 is 0 Å². The van der Waals surface area contributed by atoms with E-state index in [0.717, 1.165) is 27.8 Å². The lowest BCUT2D eigenvalue weighted by Gasteiger charge is -2.16. The quantitative estimate of drug-likeness (QED) is 0.275. The molecule has 0 aliphatic heterocycles. The summed E-state index contributed by atoms with van der Waals surface area (Å²) in [6.07, 6.45) is 2.37. The fourth-order valence-electron chi connectivity index (χ4n) is 3.05. The number of ether oxygens (including phenoxy) is 3. The molecule has 0 spiro atoms. The van der Waals surface area contributed by atoms with Crippen LogP contribution in [0.4, 0.5) is 0 Å². The molecule has 0 aliphatic carbocycles. The summed E-state index contributed by atoms with van der Waals surface area (Å²) in [5.41, 5.74) is 1.56. The summed E-state index contributed by atoms with van der Waals surface area (Å²) < 4.78 is 21.2. The number of methoxy groups -OCH3 is 1. The average Bonchev–Trinajstić information content (AvgIpc) is 2.92. The van der Waals surface area contributed by atoms with Crippen molar-refractivity contribution >= 4 is 43.0 Å². The van der Waals surface area contributed by atoms with E-state index in [0.29, 0.717) is 38.4 Å². The molecular formula is C21H38BrN3O4Si2. The van der Waals surface area contributed by atoms with Gasteiger partial charge in [0.25, 0.3) is 5.56 Å². The van der Waals surface area contributed by atoms with E-state index < -0.39 is 16.1 Å². The molecule has 0 N–H and O–H groups in total. The number of fused-ring (bicyclic) bond motifs is 1. The van der Waals surface area contributed by atoms with Crippen LogP contribution < -0.4 is 5.56 Å². The zero-order valence-electron chi connectivity index (χ0n) is 20.1. The molecule has 0 radical (unpaired) electrons. The second-order valence-corrected chi connectivity index (χ2v) is 22.3. The summed E-state index contributed by atoms with van der Waals surface area (Å²) in [7, 11) is -0.670. The fraction of sp³-hybridized carbons (Fsp3) is 0.714. The first kappa shape index (κ1) is 26.5. The zero-order chi connectivity index (χ0) is 23.2. The van der Waals surface area contributed by atoms with Crippen LogP contribution in [-0.4, -0.2) is 57.4 Å². The molecular weight excluding hydrogens is 494 g/mol. The van der Waals surface area contributed by atoms with Crippen molar-refractivity contribution < 1.29 is 14.2 Å². The minimum Gasteiger partial charge on any atom is -0.384 e. The van der Waals surface area contributed by atoms with Gasteiger partial charge in [-0.3, -0.25) is 4.79 Å². The Labute approximate surface area is 196 Å². The highest BCUT2D eigenvalue weighted by Crippen LogP contribution is 2.28. The Morgan fingerprint density at radius 1 is 0.968 bits per heavy atom. The standard InChI is InChI=1S/C21H38BrN3O4Si2/c1-27-9-8-17-19-18(24(20(17)22)15-28-10-12-30(2,3)4)14-23-25(21(19)26)16-29-11-13-31(5,6)7/h14H,8-13,15-16H2,1-7H3. The van der Waals surface area contributed by atoms with Crippen molar-refractivity contribution in [3.05, 3.63) is 26.7 Å². The molecule has 0 saturated heterocycles. The van der Waals surface area contributed by atoms with Gasteiger partial charge in [-0.05, 0) is 34.4 Å². The van der Waals surface area contributed by atoms with Crippen LogP contribution in [0.1, 0.15) is 5.56 Å². The number of halogens is 1. The van der Waals surface area contributed by atoms with Gasteiger partial charge in [0, 0.05) is 42.0 Å². The van der Waals surface area contributed by atoms with Crippen LogP contribution in [0.15, 0.2) is 15.6 Å². The Balaban J connectivity index is 2.27. The van der Waals surface area contributed by atoms with Crippen molar-refractivity contribution in [3.8, 4) is 0 Å². The molecule has 0 amide bonds. The van der Waals surface area contributed by atoms with Gasteiger partial charge in [-0.15, -0.1) is 0 Å². The van der Waals surface area contributed by atoms with Crippen molar-refractivity contribution in [1.29, 1.82) is 0 Å². The van der Waals surface area contributed by atoms with Crippen LogP contribution in [0.2, 0.25) is 51.4 Å². The predicted molar refractivity (Wildman–Crippen MR) is 135 cm³/mol. The molecule has 10 heteroatoms. The zero-order valence-corrected chi connectivity index (χ0v) is 23.7. The van der Waals surface area contributed by atoms with E-state index in [1.54, 1.807) is 13.3 Å². The molecule has 0 bridgehead atoms. The lowest BCUT2D eigenvalue weighted by Crippen LogP contribution is -2.26. The van der Waals surface area contributed by atoms with Crippen LogP contribution in [-0.2, 0) is 34.1 Å². The van der Waals surface area contributed by atoms with Crippen LogP contribution in [0.5, 0.6) is 0 Å². The molecule has 0 aromatic carbocycles. The predicted octanol–water partition coefficient (Wildman–Crippen LogP) is 4.77. The van der Waals surface area contributed by atoms with Gasteiger partial charge in [-0.25, -0.2) is 4.68 Å². The molecule has 31 heavy (non-hydrogen) atoms. The van der Waals surface area contributed by atoms with Gasteiger partial charge in [0.15, 0.2) is 0 Å². The van der Waals surface area contributed by atoms with Gasteiger partial charge in [0.05, 0.1) is 28.3 Å². The van der Waals surface area contributed by atoms with Crippen molar-refractivity contribution in [1.82, 2.24) is 14.3 Å². The lowest BCUT2D eigenvalue weighted by molar-refractivity contribution is 0.0752. The molecule has 176 valence electrons. The normalized spacial score (nSPS) is 12.8. The van der Waals surface area contributed by atoms with Crippen LogP contribution >= 0.6 is 15.9 Å². The number of aromatic nitrogens is 3. The molecule has 0 fully saturated rings. The minimum absolute atomic E-state index is 0.141. The number of nitrogens with zero attached hydrogens (tertiary/aromatic N) is 3. The van der Waals surface area contributed by atoms with E-state index in [2.05, 4.69) is 60.3 Å². The second-order valence-electron chi connectivity index (χ2n) is 10.3. The Morgan fingerprint density at radius 3 is 2.10 bits per heavy atom. The maximum atomic E-state index is 13.2. The molecule has 0 unspecified atom stereocenters. The first-order valence-electron chi connectivity index (χ1n) is 10.9. The molecule has 7 nitrogen and oxygen atoms in total. The SMILES string of the molecule is COCCc1c(Br)n(COCC[Si](C)(C)C)c2cnn(COCC[Si](C)(C)C)c(=O)c12. The Kier molecular flexibility index (Phi) is 9.71. The third kappa shape index (κ3) is 7.94. The third-order valence-electron chi connectivity index (χ3n) is 5.09. The maximum absolute atomic E-state index is 13.2. The highest BCUT2D eigenvalue weighted by Gasteiger charge is 2.21. The van der Waals surface area contributed by atoms with E-state index in [4.69, 9.17) is 14.2 Å². The summed E-state index contributed by atoms with van der Waals surface area (Å²) >= 11 is 3.69. The molecule has 2 aromatic rings. The van der Waals surface area contributed by atoms with Crippen LogP contribution in [0.3, 0.4) is 0 Å². The fourth-order valence-corrected chi connectivity index (χ4v) is 5.26. The Bertz CT molecular complexity index is 916. The molecule has 2 heterocycles. The monoisotopic (exact) mass is 531 g/mol. The van der Waals surface area contributed by atoms with Crippen molar-refractivity contribution in [3.63, 3.8) is 0 Å². The van der Waals surface area contributed by atoms with Crippen LogP contribution in [0.25, 0.3) is 10.9 Å². The summed E-state index contributed by atoms with van der Waals surface area (Å²) in [6.45, 7) is 16.4. The molecule has 0 saturated carbocycles. The number of hydrogen-bond acceptors (Lipinski definition) is 5. The number of rotatable bonds is 13. The maximum Gasteiger partial charge on any atom is 0.278 e. The molecule has 0 aliphatic rings. The lowest BCUT2D eigenvalue weighted by atomic mass is 10.2. The summed E-state index contributed by atoms with van der Waals surface area (Å²) in [5, 5.41) is 5.03. The molecule has 2 aromatic heterocycles. The van der Waals surface area contributed by atoms with E-state index in [9.17, 15) is 4.79 Å².